The lowest BCUT2D eigenvalue weighted by atomic mass is 9.88. The largest absolute Gasteiger partial charge is 0.494 e. The van der Waals surface area contributed by atoms with Gasteiger partial charge in [-0.05, 0) is 69.7 Å². The Morgan fingerprint density at radius 1 is 1.17 bits per heavy atom. The van der Waals surface area contributed by atoms with Crippen molar-refractivity contribution in [1.29, 1.82) is 5.26 Å². The van der Waals surface area contributed by atoms with Gasteiger partial charge in [0.05, 0.1) is 35.0 Å². The smallest absolute Gasteiger partial charge is 0.338 e. The van der Waals surface area contributed by atoms with Crippen LogP contribution in [0.4, 0.5) is 5.69 Å². The SMILES string of the molecule is CCOc1ccc2c(c1)C(C)=CC(C)(C)N2C(=O)COC(=O)c1cccc(C#N)c1. The topological polar surface area (TPSA) is 79.6 Å². The van der Waals surface area contributed by atoms with Crippen LogP contribution in [0, 0.1) is 11.3 Å². The second-order valence-electron chi connectivity index (χ2n) is 7.59. The Balaban J connectivity index is 1.83. The first-order valence-corrected chi connectivity index (χ1v) is 9.74. The Bertz CT molecular complexity index is 1060. The number of carbonyl (C=O) groups is 2. The maximum Gasteiger partial charge on any atom is 0.338 e. The van der Waals surface area contributed by atoms with E-state index in [2.05, 4.69) is 0 Å². The minimum absolute atomic E-state index is 0.234. The Kier molecular flexibility index (Phi) is 5.93. The van der Waals surface area contributed by atoms with Gasteiger partial charge in [-0.25, -0.2) is 4.79 Å². The number of amides is 1. The van der Waals surface area contributed by atoms with Crippen LogP contribution in [-0.2, 0) is 9.53 Å². The first-order chi connectivity index (χ1) is 14.3. The number of fused-ring (bicyclic) bond motifs is 1. The van der Waals surface area contributed by atoms with Crippen molar-refractivity contribution >= 4 is 23.1 Å². The van der Waals surface area contributed by atoms with E-state index in [9.17, 15) is 9.59 Å². The molecule has 1 amide bonds. The Morgan fingerprint density at radius 3 is 2.63 bits per heavy atom. The van der Waals surface area contributed by atoms with Crippen molar-refractivity contribution in [1.82, 2.24) is 0 Å². The zero-order chi connectivity index (χ0) is 21.9. The number of allylic oxidation sites excluding steroid dienone is 1. The van der Waals surface area contributed by atoms with Crippen LogP contribution in [0.3, 0.4) is 0 Å². The third-order valence-corrected chi connectivity index (χ3v) is 4.89. The summed E-state index contributed by atoms with van der Waals surface area (Å²) in [7, 11) is 0. The third kappa shape index (κ3) is 4.20. The number of nitrogens with zero attached hydrogens (tertiary/aromatic N) is 2. The standard InChI is InChI=1S/C24H24N2O4/c1-5-29-19-9-10-21-20(12-19)16(2)13-24(3,4)26(21)22(27)15-30-23(28)18-8-6-7-17(11-18)14-25/h6-13H,5,15H2,1-4H3. The number of rotatable bonds is 5. The van der Waals surface area contributed by atoms with Crippen LogP contribution in [0.1, 0.15) is 49.2 Å². The van der Waals surface area contributed by atoms with Crippen LogP contribution in [-0.4, -0.2) is 30.6 Å². The number of benzene rings is 2. The van der Waals surface area contributed by atoms with E-state index in [1.165, 1.54) is 6.07 Å². The van der Waals surface area contributed by atoms with E-state index >= 15 is 0 Å². The monoisotopic (exact) mass is 404 g/mol. The third-order valence-electron chi connectivity index (χ3n) is 4.89. The van der Waals surface area contributed by atoms with Gasteiger partial charge < -0.3 is 9.47 Å². The first kappa shape index (κ1) is 21.1. The lowest BCUT2D eigenvalue weighted by Crippen LogP contribution is -2.50. The zero-order valence-corrected chi connectivity index (χ0v) is 17.6. The van der Waals surface area contributed by atoms with Gasteiger partial charge in [-0.15, -0.1) is 0 Å². The highest BCUT2D eigenvalue weighted by Gasteiger charge is 2.36. The van der Waals surface area contributed by atoms with Crippen LogP contribution >= 0.6 is 0 Å². The number of carbonyl (C=O) groups excluding carboxylic acids is 2. The number of hydrogen-bond acceptors (Lipinski definition) is 5. The van der Waals surface area contributed by atoms with Crippen LogP contribution in [0.15, 0.2) is 48.5 Å². The Morgan fingerprint density at radius 2 is 1.93 bits per heavy atom. The summed E-state index contributed by atoms with van der Waals surface area (Å²) in [6.45, 7) is 7.94. The molecular weight excluding hydrogens is 380 g/mol. The van der Waals surface area contributed by atoms with E-state index in [0.29, 0.717) is 12.2 Å². The Labute approximate surface area is 176 Å². The second-order valence-corrected chi connectivity index (χ2v) is 7.59. The van der Waals surface area contributed by atoms with Gasteiger partial charge in [0, 0.05) is 5.56 Å². The quantitative estimate of drug-likeness (QED) is 0.693. The molecule has 0 radical (unpaired) electrons. The van der Waals surface area contributed by atoms with Gasteiger partial charge in [-0.3, -0.25) is 9.69 Å². The van der Waals surface area contributed by atoms with E-state index in [1.54, 1.807) is 23.1 Å². The molecule has 3 rings (SSSR count). The van der Waals surface area contributed by atoms with Crippen molar-refractivity contribution in [3.8, 4) is 11.8 Å². The van der Waals surface area contributed by atoms with Gasteiger partial charge in [0.15, 0.2) is 6.61 Å². The molecule has 30 heavy (non-hydrogen) atoms. The summed E-state index contributed by atoms with van der Waals surface area (Å²) in [4.78, 5) is 27.1. The van der Waals surface area contributed by atoms with E-state index in [4.69, 9.17) is 14.7 Å². The minimum atomic E-state index is -0.645. The molecule has 0 fully saturated rings. The first-order valence-electron chi connectivity index (χ1n) is 9.74. The highest BCUT2D eigenvalue weighted by molar-refractivity contribution is 6.02. The van der Waals surface area contributed by atoms with Crippen molar-refractivity contribution in [2.75, 3.05) is 18.1 Å². The number of ether oxygens (including phenoxy) is 2. The summed E-state index contributed by atoms with van der Waals surface area (Å²) in [5, 5.41) is 8.98. The number of esters is 1. The molecule has 0 unspecified atom stereocenters. The molecule has 2 aromatic rings. The molecule has 0 atom stereocenters. The summed E-state index contributed by atoms with van der Waals surface area (Å²) in [5.74, 6) is -0.243. The average molecular weight is 404 g/mol. The van der Waals surface area contributed by atoms with Gasteiger partial charge in [0.2, 0.25) is 0 Å². The molecule has 0 aliphatic carbocycles. The molecule has 2 aromatic carbocycles. The highest BCUT2D eigenvalue weighted by Crippen LogP contribution is 2.40. The normalized spacial score (nSPS) is 14.2. The van der Waals surface area contributed by atoms with Crippen LogP contribution in [0.2, 0.25) is 0 Å². The van der Waals surface area contributed by atoms with E-state index in [1.807, 2.05) is 58.0 Å². The molecule has 0 saturated heterocycles. The summed E-state index contributed by atoms with van der Waals surface area (Å²) in [6.07, 6.45) is 2.02. The van der Waals surface area contributed by atoms with Crippen LogP contribution in [0.25, 0.3) is 5.57 Å². The molecule has 0 saturated carbocycles. The summed E-state index contributed by atoms with van der Waals surface area (Å²) >= 11 is 0. The number of anilines is 1. The Hall–Kier alpha value is -3.59. The van der Waals surface area contributed by atoms with Gasteiger partial charge in [-0.1, -0.05) is 12.1 Å². The fourth-order valence-electron chi connectivity index (χ4n) is 3.71. The van der Waals surface area contributed by atoms with Crippen LogP contribution < -0.4 is 9.64 Å². The fourth-order valence-corrected chi connectivity index (χ4v) is 3.71. The van der Waals surface area contributed by atoms with Crippen molar-refractivity contribution < 1.29 is 19.1 Å². The second kappa shape index (κ2) is 8.42. The van der Waals surface area contributed by atoms with E-state index < -0.39 is 18.1 Å². The molecule has 0 spiro atoms. The lowest BCUT2D eigenvalue weighted by molar-refractivity contribution is -0.122. The molecular formula is C24H24N2O4. The minimum Gasteiger partial charge on any atom is -0.494 e. The molecule has 0 bridgehead atoms. The van der Waals surface area contributed by atoms with Crippen LogP contribution in [0.5, 0.6) is 5.75 Å². The molecule has 0 aromatic heterocycles. The predicted octanol–water partition coefficient (Wildman–Crippen LogP) is 4.34. The van der Waals surface area contributed by atoms with Crippen molar-refractivity contribution in [2.24, 2.45) is 0 Å². The van der Waals surface area contributed by atoms with Gasteiger partial charge in [0.25, 0.3) is 5.91 Å². The number of nitriles is 1. The molecule has 1 heterocycles. The molecule has 6 heteroatoms. The predicted molar refractivity (Wildman–Crippen MR) is 114 cm³/mol. The van der Waals surface area contributed by atoms with Gasteiger partial charge in [0.1, 0.15) is 5.75 Å². The zero-order valence-electron chi connectivity index (χ0n) is 17.6. The van der Waals surface area contributed by atoms with E-state index in [-0.39, 0.29) is 11.5 Å². The summed E-state index contributed by atoms with van der Waals surface area (Å²) in [5.41, 5.74) is 2.70. The maximum atomic E-state index is 13.1. The summed E-state index contributed by atoms with van der Waals surface area (Å²) < 4.78 is 10.8. The van der Waals surface area contributed by atoms with E-state index in [0.717, 1.165) is 22.6 Å². The van der Waals surface area contributed by atoms with Crippen molar-refractivity contribution in [2.45, 2.75) is 33.2 Å². The molecule has 6 nitrogen and oxygen atoms in total. The van der Waals surface area contributed by atoms with Gasteiger partial charge >= 0.3 is 5.97 Å². The lowest BCUT2D eigenvalue weighted by Gasteiger charge is -2.41. The average Bonchev–Trinajstić information content (AvgIpc) is 2.72. The fraction of sp³-hybridized carbons (Fsp3) is 0.292. The molecule has 0 N–H and O–H groups in total. The molecule has 1 aliphatic heterocycles. The highest BCUT2D eigenvalue weighted by atomic mass is 16.5. The van der Waals surface area contributed by atoms with Gasteiger partial charge in [-0.2, -0.15) is 5.26 Å². The molecule has 154 valence electrons. The summed E-state index contributed by atoms with van der Waals surface area (Å²) in [6, 6.07) is 13.8. The molecule has 1 aliphatic rings. The van der Waals surface area contributed by atoms with Crippen molar-refractivity contribution in [3.63, 3.8) is 0 Å². The maximum absolute atomic E-state index is 13.1. The van der Waals surface area contributed by atoms with Crippen molar-refractivity contribution in [3.05, 3.63) is 65.2 Å². The number of hydrogen-bond donors (Lipinski definition) is 0.